The molecule has 1 aromatic heterocycles. The van der Waals surface area contributed by atoms with Gasteiger partial charge in [0.2, 0.25) is 0 Å². The van der Waals surface area contributed by atoms with Gasteiger partial charge >= 0.3 is 0 Å². The fourth-order valence-electron chi connectivity index (χ4n) is 2.86. The van der Waals surface area contributed by atoms with Crippen LogP contribution in [0.25, 0.3) is 0 Å². The van der Waals surface area contributed by atoms with Crippen LogP contribution in [0.4, 0.5) is 0 Å². The lowest BCUT2D eigenvalue weighted by Gasteiger charge is -2.24. The average Bonchev–Trinajstić information content (AvgIpc) is 3.20. The van der Waals surface area contributed by atoms with Crippen molar-refractivity contribution in [2.45, 2.75) is 32.7 Å². The first-order valence-electron chi connectivity index (χ1n) is 8.56. The minimum Gasteiger partial charge on any atom is -0.465 e. The molecule has 0 radical (unpaired) electrons. The summed E-state index contributed by atoms with van der Waals surface area (Å²) in [4.78, 5) is 7.29. The van der Waals surface area contributed by atoms with E-state index >= 15 is 0 Å². The van der Waals surface area contributed by atoms with Crippen molar-refractivity contribution in [1.82, 2.24) is 15.5 Å². The summed E-state index contributed by atoms with van der Waals surface area (Å²) in [5.74, 6) is 3.98. The van der Waals surface area contributed by atoms with Crippen LogP contribution in [0.15, 0.2) is 21.5 Å². The highest BCUT2D eigenvalue weighted by Crippen LogP contribution is 2.26. The maximum absolute atomic E-state index is 5.89. The lowest BCUT2D eigenvalue weighted by molar-refractivity contribution is 0.219. The van der Waals surface area contributed by atoms with Crippen molar-refractivity contribution < 1.29 is 4.42 Å². The molecule has 6 heteroatoms. The van der Waals surface area contributed by atoms with Crippen LogP contribution in [-0.4, -0.2) is 55.6 Å². The largest absolute Gasteiger partial charge is 0.465 e. The lowest BCUT2D eigenvalue weighted by atomic mass is 10.2. The van der Waals surface area contributed by atoms with Gasteiger partial charge in [0.15, 0.2) is 5.96 Å². The highest BCUT2D eigenvalue weighted by atomic mass is 32.2. The molecule has 1 unspecified atom stereocenters. The van der Waals surface area contributed by atoms with E-state index in [0.29, 0.717) is 0 Å². The lowest BCUT2D eigenvalue weighted by Crippen LogP contribution is -2.39. The fraction of sp³-hybridized carbons (Fsp3) is 0.706. The summed E-state index contributed by atoms with van der Waals surface area (Å²) in [6.07, 6.45) is 4.66. The fourth-order valence-corrected chi connectivity index (χ4v) is 3.17. The summed E-state index contributed by atoms with van der Waals surface area (Å²) in [5, 5.41) is 6.72. The van der Waals surface area contributed by atoms with Crippen LogP contribution in [-0.2, 0) is 0 Å². The van der Waals surface area contributed by atoms with Gasteiger partial charge in [-0.2, -0.15) is 11.8 Å². The van der Waals surface area contributed by atoms with E-state index in [4.69, 9.17) is 9.41 Å². The SMILES string of the molecule is CCNC(=NCC(c1ccc(C)o1)N1CCCC1)NCCSC. The number of nitrogens with zero attached hydrogens (tertiary/aromatic N) is 2. The molecule has 1 saturated heterocycles. The quantitative estimate of drug-likeness (QED) is 0.434. The van der Waals surface area contributed by atoms with Crippen molar-refractivity contribution in [1.29, 1.82) is 0 Å². The maximum atomic E-state index is 5.89. The van der Waals surface area contributed by atoms with Crippen molar-refractivity contribution in [3.05, 3.63) is 23.7 Å². The third-order valence-corrected chi connectivity index (χ3v) is 4.65. The normalized spacial score (nSPS) is 17.4. The first-order valence-corrected chi connectivity index (χ1v) is 9.95. The van der Waals surface area contributed by atoms with Crippen LogP contribution in [0.5, 0.6) is 0 Å². The molecule has 5 nitrogen and oxygen atoms in total. The molecule has 1 fully saturated rings. The number of furan rings is 1. The predicted molar refractivity (Wildman–Crippen MR) is 99.4 cm³/mol. The number of guanidine groups is 1. The van der Waals surface area contributed by atoms with E-state index in [0.717, 1.165) is 56.0 Å². The number of hydrogen-bond acceptors (Lipinski definition) is 4. The molecule has 1 aliphatic heterocycles. The summed E-state index contributed by atoms with van der Waals surface area (Å²) in [6.45, 7) is 8.90. The zero-order valence-electron chi connectivity index (χ0n) is 14.6. The summed E-state index contributed by atoms with van der Waals surface area (Å²) < 4.78 is 5.89. The Balaban J connectivity index is 2.03. The van der Waals surface area contributed by atoms with Gasteiger partial charge in [0.05, 0.1) is 12.6 Å². The molecule has 1 aromatic rings. The Kier molecular flexibility index (Phi) is 7.82. The molecule has 23 heavy (non-hydrogen) atoms. The van der Waals surface area contributed by atoms with Crippen LogP contribution in [0.1, 0.15) is 37.3 Å². The Labute approximate surface area is 144 Å². The van der Waals surface area contributed by atoms with Gasteiger partial charge in [-0.15, -0.1) is 0 Å². The summed E-state index contributed by atoms with van der Waals surface area (Å²) >= 11 is 1.84. The van der Waals surface area contributed by atoms with Crippen LogP contribution >= 0.6 is 11.8 Å². The molecular weight excluding hydrogens is 308 g/mol. The van der Waals surface area contributed by atoms with E-state index in [1.807, 2.05) is 24.8 Å². The highest BCUT2D eigenvalue weighted by molar-refractivity contribution is 7.98. The number of likely N-dealkylation sites (tertiary alicyclic amines) is 1. The van der Waals surface area contributed by atoms with E-state index in [2.05, 4.69) is 34.8 Å². The molecule has 2 rings (SSSR count). The van der Waals surface area contributed by atoms with Crippen LogP contribution in [0.2, 0.25) is 0 Å². The first kappa shape index (κ1) is 18.2. The van der Waals surface area contributed by atoms with Crippen molar-refractivity contribution in [3.63, 3.8) is 0 Å². The monoisotopic (exact) mass is 338 g/mol. The summed E-state index contributed by atoms with van der Waals surface area (Å²) in [6, 6.07) is 4.38. The Morgan fingerprint density at radius 2 is 2.13 bits per heavy atom. The molecule has 0 bridgehead atoms. The minimum absolute atomic E-state index is 0.238. The minimum atomic E-state index is 0.238. The number of nitrogens with one attached hydrogen (secondary N) is 2. The molecule has 1 atom stereocenters. The number of thioether (sulfide) groups is 1. The molecule has 0 saturated carbocycles. The van der Waals surface area contributed by atoms with Crippen LogP contribution in [0.3, 0.4) is 0 Å². The molecule has 1 aliphatic rings. The molecule has 2 heterocycles. The van der Waals surface area contributed by atoms with Gasteiger partial charge in [-0.05, 0) is 58.2 Å². The Morgan fingerprint density at radius 3 is 2.74 bits per heavy atom. The average molecular weight is 339 g/mol. The number of hydrogen-bond donors (Lipinski definition) is 2. The van der Waals surface area contributed by atoms with Crippen molar-refractivity contribution >= 4 is 17.7 Å². The Bertz CT molecular complexity index is 483. The Hall–Kier alpha value is -1.14. The van der Waals surface area contributed by atoms with E-state index < -0.39 is 0 Å². The van der Waals surface area contributed by atoms with Crippen LogP contribution < -0.4 is 10.6 Å². The molecule has 0 amide bonds. The van der Waals surface area contributed by atoms with Gasteiger partial charge in [-0.3, -0.25) is 9.89 Å². The van der Waals surface area contributed by atoms with E-state index in [9.17, 15) is 0 Å². The molecule has 0 aliphatic carbocycles. The van der Waals surface area contributed by atoms with E-state index in [1.54, 1.807) is 0 Å². The third-order valence-electron chi connectivity index (χ3n) is 4.04. The second-order valence-electron chi connectivity index (χ2n) is 5.85. The van der Waals surface area contributed by atoms with Crippen molar-refractivity contribution in [3.8, 4) is 0 Å². The molecule has 130 valence electrons. The number of rotatable bonds is 8. The van der Waals surface area contributed by atoms with Gasteiger partial charge in [0.25, 0.3) is 0 Å². The van der Waals surface area contributed by atoms with Gasteiger partial charge in [-0.1, -0.05) is 0 Å². The third kappa shape index (κ3) is 5.77. The summed E-state index contributed by atoms with van der Waals surface area (Å²) in [5.41, 5.74) is 0. The van der Waals surface area contributed by atoms with E-state index in [-0.39, 0.29) is 6.04 Å². The van der Waals surface area contributed by atoms with E-state index in [1.165, 1.54) is 12.8 Å². The van der Waals surface area contributed by atoms with Crippen LogP contribution in [0, 0.1) is 6.92 Å². The highest BCUT2D eigenvalue weighted by Gasteiger charge is 2.25. The van der Waals surface area contributed by atoms with Gasteiger partial charge in [-0.25, -0.2) is 0 Å². The molecular formula is C17H30N4OS. The zero-order chi connectivity index (χ0) is 16.5. The zero-order valence-corrected chi connectivity index (χ0v) is 15.4. The van der Waals surface area contributed by atoms with Gasteiger partial charge in [0.1, 0.15) is 11.5 Å². The van der Waals surface area contributed by atoms with Crippen molar-refractivity contribution in [2.75, 3.05) is 44.7 Å². The second kappa shape index (κ2) is 9.88. The van der Waals surface area contributed by atoms with Gasteiger partial charge < -0.3 is 15.1 Å². The maximum Gasteiger partial charge on any atom is 0.191 e. The standard InChI is InChI=1S/C17H30N4OS/c1-4-18-17(19-9-12-23-3)20-13-15(21-10-5-6-11-21)16-8-7-14(2)22-16/h7-8,15H,4-6,9-13H2,1-3H3,(H2,18,19,20). The van der Waals surface area contributed by atoms with Gasteiger partial charge in [0, 0.05) is 18.8 Å². The Morgan fingerprint density at radius 1 is 1.35 bits per heavy atom. The second-order valence-corrected chi connectivity index (χ2v) is 6.83. The predicted octanol–water partition coefficient (Wildman–Crippen LogP) is 2.64. The number of aliphatic imine (C=N–C) groups is 1. The molecule has 0 aromatic carbocycles. The molecule has 0 spiro atoms. The topological polar surface area (TPSA) is 52.8 Å². The van der Waals surface area contributed by atoms with Crippen molar-refractivity contribution in [2.24, 2.45) is 4.99 Å². The smallest absolute Gasteiger partial charge is 0.191 e. The first-order chi connectivity index (χ1) is 11.2. The molecule has 2 N–H and O–H groups in total. The summed E-state index contributed by atoms with van der Waals surface area (Å²) in [7, 11) is 0. The number of aryl methyl sites for hydroxylation is 1.